The number of amides is 1. The number of aryl methyl sites for hydroxylation is 2. The highest BCUT2D eigenvalue weighted by Gasteiger charge is 2.31. The second-order valence-corrected chi connectivity index (χ2v) is 5.48. The molecule has 1 aliphatic rings. The van der Waals surface area contributed by atoms with E-state index in [2.05, 4.69) is 30.9 Å². The summed E-state index contributed by atoms with van der Waals surface area (Å²) >= 11 is 3.46. The molecule has 1 fully saturated rings. The molecule has 19 heavy (non-hydrogen) atoms. The van der Waals surface area contributed by atoms with Crippen molar-refractivity contribution < 1.29 is 4.79 Å². The molecule has 1 aromatic rings. The van der Waals surface area contributed by atoms with Crippen molar-refractivity contribution in [3.8, 4) is 0 Å². The van der Waals surface area contributed by atoms with Gasteiger partial charge in [-0.25, -0.2) is 4.98 Å². The van der Waals surface area contributed by atoms with Crippen molar-refractivity contribution in [2.24, 2.45) is 11.0 Å². The molecule has 100 valence electrons. The van der Waals surface area contributed by atoms with Crippen LogP contribution in [0.25, 0.3) is 10.4 Å². The Kier molecular flexibility index (Phi) is 4.07. The van der Waals surface area contributed by atoms with Crippen LogP contribution in [0, 0.1) is 19.8 Å². The van der Waals surface area contributed by atoms with Crippen molar-refractivity contribution in [1.82, 2.24) is 4.98 Å². The maximum absolute atomic E-state index is 12.0. The third kappa shape index (κ3) is 2.88. The van der Waals surface area contributed by atoms with Gasteiger partial charge in [-0.1, -0.05) is 5.11 Å². The lowest BCUT2D eigenvalue weighted by atomic mass is 10.1. The number of carbonyl (C=O) groups excluding carboxylic acids is 1. The number of halogens is 1. The van der Waals surface area contributed by atoms with Crippen LogP contribution in [0.1, 0.15) is 17.7 Å². The zero-order valence-corrected chi connectivity index (χ0v) is 12.4. The highest BCUT2D eigenvalue weighted by molar-refractivity contribution is 9.10. The molecule has 2 heterocycles. The van der Waals surface area contributed by atoms with Crippen LogP contribution in [-0.2, 0) is 4.79 Å². The van der Waals surface area contributed by atoms with Crippen LogP contribution >= 0.6 is 15.9 Å². The first-order valence-electron chi connectivity index (χ1n) is 5.98. The summed E-state index contributed by atoms with van der Waals surface area (Å²) < 4.78 is 0.966. The minimum absolute atomic E-state index is 0.0340. The quantitative estimate of drug-likeness (QED) is 0.486. The summed E-state index contributed by atoms with van der Waals surface area (Å²) in [5, 5.41) is 3.54. The van der Waals surface area contributed by atoms with Gasteiger partial charge in [0, 0.05) is 28.9 Å². The van der Waals surface area contributed by atoms with E-state index in [1.807, 2.05) is 19.9 Å². The van der Waals surface area contributed by atoms with E-state index in [0.29, 0.717) is 25.3 Å². The standard InChI is InChI=1S/C12H14BrN5O/c1-7-3-10(16-8(2)12(7)13)18-6-9(4-11(18)19)5-15-17-14/h3,9H,4-6H2,1-2H3. The van der Waals surface area contributed by atoms with Gasteiger partial charge in [-0.15, -0.1) is 0 Å². The van der Waals surface area contributed by atoms with Crippen LogP contribution in [0.3, 0.4) is 0 Å². The molecule has 7 heteroatoms. The molecule has 0 bridgehead atoms. The van der Waals surface area contributed by atoms with Crippen LogP contribution in [-0.4, -0.2) is 24.0 Å². The van der Waals surface area contributed by atoms with Crippen molar-refractivity contribution in [3.63, 3.8) is 0 Å². The monoisotopic (exact) mass is 323 g/mol. The van der Waals surface area contributed by atoms with E-state index in [9.17, 15) is 4.79 Å². The summed E-state index contributed by atoms with van der Waals surface area (Å²) in [7, 11) is 0. The van der Waals surface area contributed by atoms with Crippen molar-refractivity contribution >= 4 is 27.7 Å². The minimum Gasteiger partial charge on any atom is -0.297 e. The van der Waals surface area contributed by atoms with Gasteiger partial charge >= 0.3 is 0 Å². The zero-order chi connectivity index (χ0) is 14.0. The normalized spacial score (nSPS) is 18.6. The van der Waals surface area contributed by atoms with E-state index in [0.717, 1.165) is 15.7 Å². The third-order valence-electron chi connectivity index (χ3n) is 3.18. The van der Waals surface area contributed by atoms with Gasteiger partial charge in [0.2, 0.25) is 5.91 Å². The second kappa shape index (κ2) is 5.59. The summed E-state index contributed by atoms with van der Waals surface area (Å²) in [5.74, 6) is 0.785. The Balaban J connectivity index is 2.23. The Hall–Kier alpha value is -1.59. The number of azide groups is 1. The van der Waals surface area contributed by atoms with Gasteiger partial charge in [-0.3, -0.25) is 9.69 Å². The van der Waals surface area contributed by atoms with E-state index < -0.39 is 0 Å². The molecule has 1 amide bonds. The Morgan fingerprint density at radius 1 is 1.63 bits per heavy atom. The van der Waals surface area contributed by atoms with Crippen LogP contribution < -0.4 is 4.90 Å². The molecule has 1 unspecified atom stereocenters. The first kappa shape index (κ1) is 13.8. The zero-order valence-electron chi connectivity index (χ0n) is 10.8. The fraction of sp³-hybridized carbons (Fsp3) is 0.500. The maximum Gasteiger partial charge on any atom is 0.228 e. The molecule has 1 aromatic heterocycles. The summed E-state index contributed by atoms with van der Waals surface area (Å²) in [4.78, 5) is 20.8. The summed E-state index contributed by atoms with van der Waals surface area (Å²) in [5.41, 5.74) is 10.2. The smallest absolute Gasteiger partial charge is 0.228 e. The van der Waals surface area contributed by atoms with Gasteiger partial charge in [0.05, 0.1) is 5.69 Å². The number of pyridine rings is 1. The second-order valence-electron chi connectivity index (χ2n) is 4.68. The molecule has 0 spiro atoms. The molecule has 6 nitrogen and oxygen atoms in total. The summed E-state index contributed by atoms with van der Waals surface area (Å²) in [6, 6.07) is 1.89. The molecule has 1 atom stereocenters. The van der Waals surface area contributed by atoms with Gasteiger partial charge < -0.3 is 0 Å². The van der Waals surface area contributed by atoms with Gasteiger partial charge in [-0.2, -0.15) is 0 Å². The number of anilines is 1. The lowest BCUT2D eigenvalue weighted by molar-refractivity contribution is -0.117. The molecular formula is C12H14BrN5O. The number of carbonyl (C=O) groups is 1. The van der Waals surface area contributed by atoms with Gasteiger partial charge in [-0.05, 0) is 52.9 Å². The molecule has 1 aliphatic heterocycles. The molecule has 1 saturated heterocycles. The Bertz CT molecular complexity index is 544. The average molecular weight is 324 g/mol. The van der Waals surface area contributed by atoms with E-state index in [4.69, 9.17) is 5.53 Å². The lowest BCUT2D eigenvalue weighted by Gasteiger charge is -2.17. The van der Waals surface area contributed by atoms with Crippen LogP contribution in [0.15, 0.2) is 15.7 Å². The molecule has 0 aromatic carbocycles. The minimum atomic E-state index is 0.0340. The third-order valence-corrected chi connectivity index (χ3v) is 4.38. The predicted octanol–water partition coefficient (Wildman–Crippen LogP) is 3.12. The van der Waals surface area contributed by atoms with Gasteiger partial charge in [0.1, 0.15) is 5.82 Å². The van der Waals surface area contributed by atoms with Crippen LogP contribution in [0.5, 0.6) is 0 Å². The van der Waals surface area contributed by atoms with Crippen molar-refractivity contribution in [2.75, 3.05) is 18.0 Å². The lowest BCUT2D eigenvalue weighted by Crippen LogP contribution is -2.26. The molecule has 0 aliphatic carbocycles. The van der Waals surface area contributed by atoms with E-state index in [1.54, 1.807) is 4.90 Å². The van der Waals surface area contributed by atoms with Crippen molar-refractivity contribution in [3.05, 3.63) is 32.2 Å². The maximum atomic E-state index is 12.0. The fourth-order valence-electron chi connectivity index (χ4n) is 2.21. The first-order valence-corrected chi connectivity index (χ1v) is 6.77. The van der Waals surface area contributed by atoms with Crippen molar-refractivity contribution in [1.29, 1.82) is 0 Å². The topological polar surface area (TPSA) is 82.0 Å². The SMILES string of the molecule is Cc1cc(N2CC(CN=[N+]=[N-])CC2=O)nc(C)c1Br. The number of hydrogen-bond donors (Lipinski definition) is 0. The molecular weight excluding hydrogens is 310 g/mol. The van der Waals surface area contributed by atoms with Crippen LogP contribution in [0.2, 0.25) is 0 Å². The molecule has 2 rings (SSSR count). The Morgan fingerprint density at radius 2 is 2.37 bits per heavy atom. The number of nitrogens with zero attached hydrogens (tertiary/aromatic N) is 5. The number of rotatable bonds is 3. The van der Waals surface area contributed by atoms with E-state index in [-0.39, 0.29) is 11.8 Å². The molecule has 0 saturated carbocycles. The van der Waals surface area contributed by atoms with Crippen LogP contribution in [0.4, 0.5) is 5.82 Å². The van der Waals surface area contributed by atoms with Gasteiger partial charge in [0.25, 0.3) is 0 Å². The average Bonchev–Trinajstić information content (AvgIpc) is 2.74. The molecule has 0 N–H and O–H groups in total. The highest BCUT2D eigenvalue weighted by Crippen LogP contribution is 2.28. The largest absolute Gasteiger partial charge is 0.297 e. The number of hydrogen-bond acceptors (Lipinski definition) is 3. The molecule has 0 radical (unpaired) electrons. The highest BCUT2D eigenvalue weighted by atomic mass is 79.9. The van der Waals surface area contributed by atoms with E-state index >= 15 is 0 Å². The van der Waals surface area contributed by atoms with Gasteiger partial charge in [0.15, 0.2) is 0 Å². The van der Waals surface area contributed by atoms with Crippen molar-refractivity contribution in [2.45, 2.75) is 20.3 Å². The number of aromatic nitrogens is 1. The Morgan fingerprint density at radius 3 is 3.00 bits per heavy atom. The first-order chi connectivity index (χ1) is 9.02. The fourth-order valence-corrected chi connectivity index (χ4v) is 2.41. The summed E-state index contributed by atoms with van der Waals surface area (Å²) in [6.07, 6.45) is 0.412. The summed E-state index contributed by atoms with van der Waals surface area (Å²) in [6.45, 7) is 4.79. The Labute approximate surface area is 119 Å². The van der Waals surface area contributed by atoms with E-state index in [1.165, 1.54) is 0 Å². The predicted molar refractivity (Wildman–Crippen MR) is 75.9 cm³/mol.